The molecule has 1 atom stereocenters. The summed E-state index contributed by atoms with van der Waals surface area (Å²) in [7, 11) is 0. The zero-order valence-corrected chi connectivity index (χ0v) is 10.2. The first-order valence-electron chi connectivity index (χ1n) is 6.00. The number of hydrogen-bond acceptors (Lipinski definition) is 2. The molecule has 3 N–H and O–H groups in total. The molecule has 1 saturated carbocycles. The van der Waals surface area contributed by atoms with Crippen LogP contribution in [0.4, 0.5) is 0 Å². The van der Waals surface area contributed by atoms with Crippen molar-refractivity contribution in [2.24, 2.45) is 11.7 Å². The summed E-state index contributed by atoms with van der Waals surface area (Å²) in [6, 6.07) is -0.345. The summed E-state index contributed by atoms with van der Waals surface area (Å²) >= 11 is 0. The van der Waals surface area contributed by atoms with E-state index in [1.54, 1.807) is 0 Å². The Morgan fingerprint density at radius 3 is 2.40 bits per heavy atom. The third kappa shape index (κ3) is 3.82. The first-order chi connectivity index (χ1) is 6.93. The summed E-state index contributed by atoms with van der Waals surface area (Å²) < 4.78 is 0. The topological polar surface area (TPSA) is 55.1 Å². The van der Waals surface area contributed by atoms with Gasteiger partial charge in [-0.1, -0.05) is 26.7 Å². The van der Waals surface area contributed by atoms with Gasteiger partial charge in [0.1, 0.15) is 0 Å². The van der Waals surface area contributed by atoms with Gasteiger partial charge in [0.2, 0.25) is 5.91 Å². The van der Waals surface area contributed by atoms with E-state index in [-0.39, 0.29) is 17.5 Å². The Balaban J connectivity index is 2.40. The fourth-order valence-corrected chi connectivity index (χ4v) is 2.29. The lowest BCUT2D eigenvalue weighted by molar-refractivity contribution is -0.124. The number of hydrogen-bond donors (Lipinski definition) is 2. The van der Waals surface area contributed by atoms with E-state index in [1.165, 1.54) is 12.8 Å². The smallest absolute Gasteiger partial charge is 0.237 e. The van der Waals surface area contributed by atoms with Crippen LogP contribution in [0.25, 0.3) is 0 Å². The van der Waals surface area contributed by atoms with Crippen LogP contribution in [0, 0.1) is 5.92 Å². The highest BCUT2D eigenvalue weighted by molar-refractivity contribution is 5.82. The quantitative estimate of drug-likeness (QED) is 0.746. The zero-order chi connectivity index (χ0) is 11.5. The van der Waals surface area contributed by atoms with E-state index in [9.17, 15) is 4.79 Å². The molecule has 1 aliphatic carbocycles. The van der Waals surface area contributed by atoms with Crippen LogP contribution in [0.15, 0.2) is 0 Å². The first kappa shape index (κ1) is 12.5. The van der Waals surface area contributed by atoms with Crippen molar-refractivity contribution in [3.8, 4) is 0 Å². The number of rotatable bonds is 4. The summed E-state index contributed by atoms with van der Waals surface area (Å²) in [5.41, 5.74) is 5.85. The predicted octanol–water partition coefficient (Wildman–Crippen LogP) is 1.81. The fraction of sp³-hybridized carbons (Fsp3) is 0.917. The largest absolute Gasteiger partial charge is 0.350 e. The van der Waals surface area contributed by atoms with E-state index >= 15 is 0 Å². The maximum Gasteiger partial charge on any atom is 0.237 e. The Bertz CT molecular complexity index is 220. The molecule has 1 aliphatic rings. The van der Waals surface area contributed by atoms with Gasteiger partial charge in [0, 0.05) is 5.54 Å². The summed E-state index contributed by atoms with van der Waals surface area (Å²) in [4.78, 5) is 11.8. The average Bonchev–Trinajstić information content (AvgIpc) is 2.50. The van der Waals surface area contributed by atoms with Crippen molar-refractivity contribution >= 4 is 5.91 Å². The summed E-state index contributed by atoms with van der Waals surface area (Å²) in [5, 5.41) is 3.10. The lowest BCUT2D eigenvalue weighted by Crippen LogP contribution is -2.51. The lowest BCUT2D eigenvalue weighted by atomic mass is 9.98. The van der Waals surface area contributed by atoms with Crippen LogP contribution in [-0.4, -0.2) is 17.5 Å². The van der Waals surface area contributed by atoms with Crippen LogP contribution in [0.3, 0.4) is 0 Å². The Hall–Kier alpha value is -0.570. The molecule has 0 spiro atoms. The second kappa shape index (κ2) is 4.97. The SMILES string of the molecule is CC(C)C[C@@H](N)C(=O)NC1(C)CCCC1. The lowest BCUT2D eigenvalue weighted by Gasteiger charge is -2.27. The van der Waals surface area contributed by atoms with Gasteiger partial charge in [-0.25, -0.2) is 0 Å². The molecule has 3 nitrogen and oxygen atoms in total. The van der Waals surface area contributed by atoms with Crippen LogP contribution in [0.5, 0.6) is 0 Å². The molecule has 0 aliphatic heterocycles. The number of amides is 1. The Kier molecular flexibility index (Phi) is 4.14. The van der Waals surface area contributed by atoms with Crippen molar-refractivity contribution in [1.82, 2.24) is 5.32 Å². The monoisotopic (exact) mass is 212 g/mol. The van der Waals surface area contributed by atoms with E-state index in [0.717, 1.165) is 19.3 Å². The van der Waals surface area contributed by atoms with Crippen LogP contribution in [0.1, 0.15) is 52.9 Å². The van der Waals surface area contributed by atoms with Gasteiger partial charge in [-0.15, -0.1) is 0 Å². The molecular formula is C12H24N2O. The number of carbonyl (C=O) groups excluding carboxylic acids is 1. The van der Waals surface area contributed by atoms with Gasteiger partial charge < -0.3 is 11.1 Å². The maximum absolute atomic E-state index is 11.8. The zero-order valence-electron chi connectivity index (χ0n) is 10.2. The normalized spacial score (nSPS) is 21.7. The highest BCUT2D eigenvalue weighted by atomic mass is 16.2. The third-order valence-electron chi connectivity index (χ3n) is 3.19. The molecule has 88 valence electrons. The minimum absolute atomic E-state index is 0.00564. The predicted molar refractivity (Wildman–Crippen MR) is 62.4 cm³/mol. The van der Waals surface area contributed by atoms with Crippen molar-refractivity contribution in [1.29, 1.82) is 0 Å². The Morgan fingerprint density at radius 1 is 1.40 bits per heavy atom. The van der Waals surface area contributed by atoms with Gasteiger partial charge in [-0.3, -0.25) is 4.79 Å². The number of nitrogens with one attached hydrogen (secondary N) is 1. The molecule has 1 fully saturated rings. The minimum Gasteiger partial charge on any atom is -0.350 e. The molecule has 1 rings (SSSR count). The summed E-state index contributed by atoms with van der Waals surface area (Å²) in [5.74, 6) is 0.496. The molecule has 1 amide bonds. The standard InChI is InChI=1S/C12H24N2O/c1-9(2)8-10(13)11(15)14-12(3)6-4-5-7-12/h9-10H,4-8,13H2,1-3H3,(H,14,15)/t10-/m1/s1. The molecule has 0 unspecified atom stereocenters. The van der Waals surface area contributed by atoms with Crippen molar-refractivity contribution in [2.75, 3.05) is 0 Å². The molecule has 0 bridgehead atoms. The van der Waals surface area contributed by atoms with E-state index in [4.69, 9.17) is 5.73 Å². The molecule has 0 aromatic carbocycles. The molecule has 0 aromatic heterocycles. The second-order valence-corrected chi connectivity index (χ2v) is 5.49. The highest BCUT2D eigenvalue weighted by Gasteiger charge is 2.31. The van der Waals surface area contributed by atoms with Gasteiger partial charge in [0.25, 0.3) is 0 Å². The first-order valence-corrected chi connectivity index (χ1v) is 6.00. The van der Waals surface area contributed by atoms with Crippen LogP contribution in [-0.2, 0) is 4.79 Å². The highest BCUT2D eigenvalue weighted by Crippen LogP contribution is 2.28. The van der Waals surface area contributed by atoms with Gasteiger partial charge in [0.15, 0.2) is 0 Å². The summed E-state index contributed by atoms with van der Waals surface area (Å²) in [6.07, 6.45) is 5.38. The molecule has 15 heavy (non-hydrogen) atoms. The van der Waals surface area contributed by atoms with Crippen molar-refractivity contribution in [2.45, 2.75) is 64.5 Å². The van der Waals surface area contributed by atoms with Crippen LogP contribution < -0.4 is 11.1 Å². The van der Waals surface area contributed by atoms with Gasteiger partial charge in [-0.2, -0.15) is 0 Å². The molecule has 0 radical (unpaired) electrons. The van der Waals surface area contributed by atoms with Gasteiger partial charge in [-0.05, 0) is 32.1 Å². The third-order valence-corrected chi connectivity index (χ3v) is 3.19. The molecule has 0 saturated heterocycles. The number of carbonyl (C=O) groups is 1. The van der Waals surface area contributed by atoms with Crippen molar-refractivity contribution < 1.29 is 4.79 Å². The maximum atomic E-state index is 11.8. The van der Waals surface area contributed by atoms with E-state index in [2.05, 4.69) is 26.1 Å². The van der Waals surface area contributed by atoms with Crippen LogP contribution in [0.2, 0.25) is 0 Å². The fourth-order valence-electron chi connectivity index (χ4n) is 2.29. The molecule has 0 heterocycles. The Morgan fingerprint density at radius 2 is 1.93 bits per heavy atom. The van der Waals surface area contributed by atoms with Gasteiger partial charge >= 0.3 is 0 Å². The molecular weight excluding hydrogens is 188 g/mol. The van der Waals surface area contributed by atoms with Crippen molar-refractivity contribution in [3.63, 3.8) is 0 Å². The average molecular weight is 212 g/mol. The van der Waals surface area contributed by atoms with Crippen molar-refractivity contribution in [3.05, 3.63) is 0 Å². The molecule has 3 heteroatoms. The van der Waals surface area contributed by atoms with E-state index in [1.807, 2.05) is 0 Å². The van der Waals surface area contributed by atoms with E-state index in [0.29, 0.717) is 5.92 Å². The van der Waals surface area contributed by atoms with Gasteiger partial charge in [0.05, 0.1) is 6.04 Å². The Labute approximate surface area is 92.8 Å². The second-order valence-electron chi connectivity index (χ2n) is 5.49. The number of nitrogens with two attached hydrogens (primary N) is 1. The minimum atomic E-state index is -0.345. The van der Waals surface area contributed by atoms with E-state index < -0.39 is 0 Å². The molecule has 0 aromatic rings. The van der Waals surface area contributed by atoms with Crippen LogP contribution >= 0.6 is 0 Å². The summed E-state index contributed by atoms with van der Waals surface area (Å²) in [6.45, 7) is 6.30.